The molecule has 0 saturated heterocycles. The summed E-state index contributed by atoms with van der Waals surface area (Å²) in [6.45, 7) is 0.737. The van der Waals surface area contributed by atoms with E-state index in [4.69, 9.17) is 16.3 Å². The second-order valence-corrected chi connectivity index (χ2v) is 4.26. The Labute approximate surface area is 99.0 Å². The highest BCUT2D eigenvalue weighted by Gasteiger charge is 2.22. The van der Waals surface area contributed by atoms with E-state index in [-0.39, 0.29) is 11.1 Å². The van der Waals surface area contributed by atoms with Gasteiger partial charge in [0, 0.05) is 18.2 Å². The molecule has 1 heterocycles. The molecule has 1 aromatic heterocycles. The zero-order valence-corrected chi connectivity index (χ0v) is 9.75. The molecule has 0 atom stereocenters. The number of hydrogen-bond donors (Lipinski definition) is 1. The van der Waals surface area contributed by atoms with Crippen molar-refractivity contribution in [2.24, 2.45) is 5.92 Å². The van der Waals surface area contributed by atoms with Crippen LogP contribution in [-0.2, 0) is 0 Å². The van der Waals surface area contributed by atoms with Crippen molar-refractivity contribution in [3.05, 3.63) is 22.8 Å². The molecule has 1 aromatic rings. The van der Waals surface area contributed by atoms with Crippen LogP contribution in [0, 0.1) is 5.92 Å². The molecule has 1 aliphatic rings. The highest BCUT2D eigenvalue weighted by Crippen LogP contribution is 2.27. The number of ether oxygens (including phenoxy) is 1. The zero-order chi connectivity index (χ0) is 11.5. The average Bonchev–Trinajstić information content (AvgIpc) is 3.08. The fraction of sp³-hybridized carbons (Fsp3) is 0.455. The van der Waals surface area contributed by atoms with Gasteiger partial charge in [-0.1, -0.05) is 11.6 Å². The predicted octanol–water partition coefficient (Wildman–Crippen LogP) is 1.88. The molecule has 0 aromatic carbocycles. The average molecular weight is 241 g/mol. The number of halogens is 1. The summed E-state index contributed by atoms with van der Waals surface area (Å²) in [5.41, 5.74) is 0.484. The van der Waals surface area contributed by atoms with Gasteiger partial charge in [0.25, 0.3) is 5.91 Å². The number of nitrogens with zero attached hydrogens (tertiary/aromatic N) is 1. The molecule has 1 N–H and O–H groups in total. The Hall–Kier alpha value is -1.29. The van der Waals surface area contributed by atoms with Gasteiger partial charge in [0.2, 0.25) is 5.88 Å². The van der Waals surface area contributed by atoms with Crippen molar-refractivity contribution in [1.82, 2.24) is 10.3 Å². The maximum absolute atomic E-state index is 11.7. The van der Waals surface area contributed by atoms with E-state index < -0.39 is 0 Å². The lowest BCUT2D eigenvalue weighted by Gasteiger charge is -2.06. The Balaban J connectivity index is 2.05. The van der Waals surface area contributed by atoms with Gasteiger partial charge in [-0.15, -0.1) is 0 Å². The van der Waals surface area contributed by atoms with Crippen molar-refractivity contribution in [1.29, 1.82) is 0 Å². The third kappa shape index (κ3) is 2.85. The Kier molecular flexibility index (Phi) is 3.29. The van der Waals surface area contributed by atoms with E-state index in [1.165, 1.54) is 26.0 Å². The van der Waals surface area contributed by atoms with Gasteiger partial charge in [-0.05, 0) is 24.8 Å². The van der Waals surface area contributed by atoms with Crippen molar-refractivity contribution in [2.75, 3.05) is 13.7 Å². The molecule has 0 unspecified atom stereocenters. The van der Waals surface area contributed by atoms with Crippen molar-refractivity contribution in [2.45, 2.75) is 12.8 Å². The first-order valence-electron chi connectivity index (χ1n) is 5.19. The predicted molar refractivity (Wildman–Crippen MR) is 60.9 cm³/mol. The molecule has 1 saturated carbocycles. The summed E-state index contributed by atoms with van der Waals surface area (Å²) in [5, 5.41) is 3.12. The van der Waals surface area contributed by atoms with Crippen LogP contribution >= 0.6 is 11.6 Å². The topological polar surface area (TPSA) is 51.2 Å². The molecule has 86 valence electrons. The van der Waals surface area contributed by atoms with Gasteiger partial charge in [0.15, 0.2) is 0 Å². The van der Waals surface area contributed by atoms with Crippen LogP contribution in [-0.4, -0.2) is 24.5 Å². The molecular weight excluding hydrogens is 228 g/mol. The van der Waals surface area contributed by atoms with E-state index in [1.54, 1.807) is 6.07 Å². The van der Waals surface area contributed by atoms with Gasteiger partial charge >= 0.3 is 0 Å². The van der Waals surface area contributed by atoms with Gasteiger partial charge < -0.3 is 10.1 Å². The van der Waals surface area contributed by atoms with E-state index in [2.05, 4.69) is 10.3 Å². The summed E-state index contributed by atoms with van der Waals surface area (Å²) in [7, 11) is 1.49. The van der Waals surface area contributed by atoms with Crippen LogP contribution in [0.4, 0.5) is 0 Å². The fourth-order valence-corrected chi connectivity index (χ4v) is 1.57. The standard InChI is InChI=1S/C11H13ClN2O2/c1-16-10-5-8(4-9(12)14-10)11(15)13-6-7-2-3-7/h4-5,7H,2-3,6H2,1H3,(H,13,15). The number of rotatable bonds is 4. The number of nitrogens with one attached hydrogen (secondary N) is 1. The maximum atomic E-state index is 11.7. The normalized spacial score (nSPS) is 14.6. The molecule has 0 radical (unpaired) electrons. The van der Waals surface area contributed by atoms with Crippen LogP contribution in [0.5, 0.6) is 5.88 Å². The van der Waals surface area contributed by atoms with Gasteiger partial charge in [-0.25, -0.2) is 4.98 Å². The van der Waals surface area contributed by atoms with Gasteiger partial charge in [-0.2, -0.15) is 0 Å². The van der Waals surface area contributed by atoms with Gasteiger partial charge in [-0.3, -0.25) is 4.79 Å². The summed E-state index contributed by atoms with van der Waals surface area (Å²) in [6.07, 6.45) is 2.42. The first-order chi connectivity index (χ1) is 7.69. The summed E-state index contributed by atoms with van der Waals surface area (Å²) >= 11 is 5.78. The van der Waals surface area contributed by atoms with E-state index in [1.807, 2.05) is 0 Å². The summed E-state index contributed by atoms with van der Waals surface area (Å²) < 4.78 is 4.95. The summed E-state index contributed by atoms with van der Waals surface area (Å²) in [4.78, 5) is 15.6. The van der Waals surface area contributed by atoms with Crippen molar-refractivity contribution in [3.8, 4) is 5.88 Å². The van der Waals surface area contributed by atoms with Crippen LogP contribution in [0.3, 0.4) is 0 Å². The molecule has 4 nitrogen and oxygen atoms in total. The van der Waals surface area contributed by atoms with E-state index in [0.29, 0.717) is 17.4 Å². The monoisotopic (exact) mass is 240 g/mol. The zero-order valence-electron chi connectivity index (χ0n) is 9.00. The number of amides is 1. The molecule has 2 rings (SSSR count). The summed E-state index contributed by atoms with van der Waals surface area (Å²) in [5.74, 6) is 0.877. The minimum atomic E-state index is -0.130. The van der Waals surface area contributed by atoms with Crippen LogP contribution in [0.15, 0.2) is 12.1 Å². The lowest BCUT2D eigenvalue weighted by Crippen LogP contribution is -2.25. The number of aromatic nitrogens is 1. The Morgan fingerprint density at radius 3 is 3.00 bits per heavy atom. The second kappa shape index (κ2) is 4.70. The fourth-order valence-electron chi connectivity index (χ4n) is 1.37. The second-order valence-electron chi connectivity index (χ2n) is 3.87. The van der Waals surface area contributed by atoms with Crippen LogP contribution in [0.25, 0.3) is 0 Å². The highest BCUT2D eigenvalue weighted by atomic mass is 35.5. The minimum Gasteiger partial charge on any atom is -0.481 e. The third-order valence-electron chi connectivity index (χ3n) is 2.49. The first-order valence-corrected chi connectivity index (χ1v) is 5.56. The molecule has 1 fully saturated rings. The van der Waals surface area contributed by atoms with Gasteiger partial charge in [0.05, 0.1) is 7.11 Å². The summed E-state index contributed by atoms with van der Waals surface area (Å²) in [6, 6.07) is 3.11. The lowest BCUT2D eigenvalue weighted by molar-refractivity contribution is 0.0951. The van der Waals surface area contributed by atoms with E-state index >= 15 is 0 Å². The molecule has 0 aliphatic heterocycles. The molecule has 0 spiro atoms. The first kappa shape index (κ1) is 11.2. The van der Waals surface area contributed by atoms with Crippen LogP contribution in [0.2, 0.25) is 5.15 Å². The third-order valence-corrected chi connectivity index (χ3v) is 2.68. The SMILES string of the molecule is COc1cc(C(=O)NCC2CC2)cc(Cl)n1. The molecular formula is C11H13ClN2O2. The van der Waals surface area contributed by atoms with Gasteiger partial charge in [0.1, 0.15) is 5.15 Å². The quantitative estimate of drug-likeness (QED) is 0.818. The number of hydrogen-bond acceptors (Lipinski definition) is 3. The molecule has 16 heavy (non-hydrogen) atoms. The number of carbonyl (C=O) groups excluding carboxylic acids is 1. The minimum absolute atomic E-state index is 0.130. The Morgan fingerprint density at radius 1 is 1.62 bits per heavy atom. The molecule has 0 bridgehead atoms. The van der Waals surface area contributed by atoms with Crippen molar-refractivity contribution in [3.63, 3.8) is 0 Å². The number of carbonyl (C=O) groups is 1. The molecule has 1 aliphatic carbocycles. The smallest absolute Gasteiger partial charge is 0.251 e. The maximum Gasteiger partial charge on any atom is 0.251 e. The lowest BCUT2D eigenvalue weighted by atomic mass is 10.2. The van der Waals surface area contributed by atoms with E-state index in [9.17, 15) is 4.79 Å². The van der Waals surface area contributed by atoms with Crippen LogP contribution < -0.4 is 10.1 Å². The van der Waals surface area contributed by atoms with Crippen molar-refractivity contribution >= 4 is 17.5 Å². The Morgan fingerprint density at radius 2 is 2.38 bits per heavy atom. The number of methoxy groups -OCH3 is 1. The molecule has 1 amide bonds. The van der Waals surface area contributed by atoms with Crippen molar-refractivity contribution < 1.29 is 9.53 Å². The number of pyridine rings is 1. The van der Waals surface area contributed by atoms with Crippen LogP contribution in [0.1, 0.15) is 23.2 Å². The largest absolute Gasteiger partial charge is 0.481 e. The molecule has 5 heteroatoms. The Bertz CT molecular complexity index is 405. The van der Waals surface area contributed by atoms with E-state index in [0.717, 1.165) is 6.54 Å². The highest BCUT2D eigenvalue weighted by molar-refractivity contribution is 6.29.